The molecular weight excluding hydrogens is 254 g/mol. The fraction of sp³-hybridized carbons (Fsp3) is 0.312. The number of aromatic nitrogens is 1. The molecule has 0 unspecified atom stereocenters. The average Bonchev–Trinajstić information content (AvgIpc) is 3.22. The Bertz CT molecular complexity index is 668. The minimum absolute atomic E-state index is 0.394. The second-order valence-corrected chi connectivity index (χ2v) is 5.20. The highest BCUT2D eigenvalue weighted by atomic mass is 16.5. The van der Waals surface area contributed by atoms with Gasteiger partial charge >= 0.3 is 5.97 Å². The molecular formula is C16H17NO3. The van der Waals surface area contributed by atoms with Crippen LogP contribution in [0.3, 0.4) is 0 Å². The number of aromatic carboxylic acids is 1. The quantitative estimate of drug-likeness (QED) is 0.928. The van der Waals surface area contributed by atoms with Gasteiger partial charge in [0.1, 0.15) is 5.75 Å². The van der Waals surface area contributed by atoms with E-state index in [9.17, 15) is 9.90 Å². The molecule has 0 aliphatic heterocycles. The summed E-state index contributed by atoms with van der Waals surface area (Å²) in [6.07, 6.45) is 2.16. The summed E-state index contributed by atoms with van der Waals surface area (Å²) in [5.41, 5.74) is 3.26. The largest absolute Gasteiger partial charge is 0.497 e. The van der Waals surface area contributed by atoms with Crippen LogP contribution in [0.2, 0.25) is 0 Å². The van der Waals surface area contributed by atoms with Gasteiger partial charge in [-0.3, -0.25) is 0 Å². The molecule has 4 nitrogen and oxygen atoms in total. The van der Waals surface area contributed by atoms with Crippen LogP contribution in [-0.2, 0) is 7.05 Å². The minimum atomic E-state index is -0.850. The fourth-order valence-corrected chi connectivity index (χ4v) is 2.70. The molecule has 1 aromatic heterocycles. The first-order valence-corrected chi connectivity index (χ1v) is 6.69. The summed E-state index contributed by atoms with van der Waals surface area (Å²) in [5.74, 6) is 0.315. The van der Waals surface area contributed by atoms with Crippen molar-refractivity contribution in [2.75, 3.05) is 7.11 Å². The molecule has 104 valence electrons. The van der Waals surface area contributed by atoms with Crippen molar-refractivity contribution in [2.45, 2.75) is 18.8 Å². The van der Waals surface area contributed by atoms with Crippen LogP contribution in [0, 0.1) is 0 Å². The molecule has 2 aromatic rings. The van der Waals surface area contributed by atoms with Crippen LogP contribution >= 0.6 is 0 Å². The third-order valence-electron chi connectivity index (χ3n) is 3.84. The number of carboxylic acids is 1. The highest BCUT2D eigenvalue weighted by Gasteiger charge is 2.32. The van der Waals surface area contributed by atoms with Crippen molar-refractivity contribution in [3.05, 3.63) is 41.6 Å². The van der Waals surface area contributed by atoms with E-state index in [0.717, 1.165) is 35.5 Å². The summed E-state index contributed by atoms with van der Waals surface area (Å²) in [7, 11) is 3.57. The first-order valence-electron chi connectivity index (χ1n) is 6.69. The first-order chi connectivity index (χ1) is 9.61. The lowest BCUT2D eigenvalue weighted by Crippen LogP contribution is -2.03. The van der Waals surface area contributed by atoms with Crippen molar-refractivity contribution in [1.29, 1.82) is 0 Å². The lowest BCUT2D eigenvalue weighted by Gasteiger charge is -2.08. The standard InChI is InChI=1S/C16H17NO3/c1-17-14(11-4-3-5-12(8-11)20-2)9-13(16(18)19)15(17)10-6-7-10/h3-5,8-10H,6-7H2,1-2H3,(H,18,19). The second-order valence-electron chi connectivity index (χ2n) is 5.20. The molecule has 1 aliphatic carbocycles. The monoisotopic (exact) mass is 271 g/mol. The van der Waals surface area contributed by atoms with Crippen LogP contribution in [0.1, 0.15) is 34.8 Å². The van der Waals surface area contributed by atoms with Crippen molar-refractivity contribution in [3.8, 4) is 17.0 Å². The Balaban J connectivity index is 2.13. The molecule has 1 heterocycles. The molecule has 4 heteroatoms. The number of carbonyl (C=O) groups is 1. The van der Waals surface area contributed by atoms with Gasteiger partial charge in [-0.05, 0) is 31.0 Å². The Morgan fingerprint density at radius 1 is 1.35 bits per heavy atom. The first kappa shape index (κ1) is 12.8. The van der Waals surface area contributed by atoms with Crippen LogP contribution in [0.15, 0.2) is 30.3 Å². The van der Waals surface area contributed by atoms with E-state index in [2.05, 4.69) is 0 Å². The van der Waals surface area contributed by atoms with Gasteiger partial charge in [0, 0.05) is 29.9 Å². The van der Waals surface area contributed by atoms with Gasteiger partial charge in [-0.1, -0.05) is 12.1 Å². The highest BCUT2D eigenvalue weighted by molar-refractivity contribution is 5.91. The Kier molecular flexibility index (Phi) is 3.01. The molecule has 0 spiro atoms. The van der Waals surface area contributed by atoms with Crippen LogP contribution in [0.4, 0.5) is 0 Å². The van der Waals surface area contributed by atoms with E-state index in [4.69, 9.17) is 4.74 Å². The van der Waals surface area contributed by atoms with Crippen LogP contribution in [0.25, 0.3) is 11.3 Å². The molecule has 20 heavy (non-hydrogen) atoms. The zero-order valence-electron chi connectivity index (χ0n) is 11.6. The average molecular weight is 271 g/mol. The zero-order valence-corrected chi connectivity index (χ0v) is 11.6. The minimum Gasteiger partial charge on any atom is -0.497 e. The maximum atomic E-state index is 11.4. The van der Waals surface area contributed by atoms with Crippen molar-refractivity contribution >= 4 is 5.97 Å². The third-order valence-corrected chi connectivity index (χ3v) is 3.84. The number of benzene rings is 1. The summed E-state index contributed by atoms with van der Waals surface area (Å²) >= 11 is 0. The summed E-state index contributed by atoms with van der Waals surface area (Å²) in [4.78, 5) is 11.4. The van der Waals surface area contributed by atoms with E-state index < -0.39 is 5.97 Å². The predicted molar refractivity (Wildman–Crippen MR) is 76.3 cm³/mol. The van der Waals surface area contributed by atoms with E-state index >= 15 is 0 Å². The van der Waals surface area contributed by atoms with Crippen molar-refractivity contribution in [2.24, 2.45) is 7.05 Å². The van der Waals surface area contributed by atoms with Crippen LogP contribution in [0.5, 0.6) is 5.75 Å². The van der Waals surface area contributed by atoms with Gasteiger partial charge in [0.05, 0.1) is 12.7 Å². The number of rotatable bonds is 4. The maximum absolute atomic E-state index is 11.4. The summed E-state index contributed by atoms with van der Waals surface area (Å²) in [6, 6.07) is 9.47. The van der Waals surface area contributed by atoms with Gasteiger partial charge in [0.25, 0.3) is 0 Å². The third kappa shape index (κ3) is 2.07. The molecule has 1 saturated carbocycles. The van der Waals surface area contributed by atoms with Gasteiger partial charge in [0.2, 0.25) is 0 Å². The maximum Gasteiger partial charge on any atom is 0.337 e. The lowest BCUT2D eigenvalue weighted by atomic mass is 10.1. The zero-order chi connectivity index (χ0) is 14.3. The van der Waals surface area contributed by atoms with Gasteiger partial charge in [-0.15, -0.1) is 0 Å². The molecule has 1 N–H and O–H groups in total. The van der Waals surface area contributed by atoms with E-state index in [-0.39, 0.29) is 0 Å². The molecule has 0 atom stereocenters. The Hall–Kier alpha value is -2.23. The van der Waals surface area contributed by atoms with Gasteiger partial charge in [-0.2, -0.15) is 0 Å². The fourth-order valence-electron chi connectivity index (χ4n) is 2.70. The Labute approximate surface area is 117 Å². The number of nitrogens with zero attached hydrogens (tertiary/aromatic N) is 1. The smallest absolute Gasteiger partial charge is 0.337 e. The van der Waals surface area contributed by atoms with Crippen molar-refractivity contribution in [3.63, 3.8) is 0 Å². The number of hydrogen-bond donors (Lipinski definition) is 1. The van der Waals surface area contributed by atoms with Gasteiger partial charge < -0.3 is 14.4 Å². The number of carboxylic acid groups (broad SMARTS) is 1. The van der Waals surface area contributed by atoms with Gasteiger partial charge in [0.15, 0.2) is 0 Å². The summed E-state index contributed by atoms with van der Waals surface area (Å²) < 4.78 is 7.24. The normalized spacial score (nSPS) is 14.3. The lowest BCUT2D eigenvalue weighted by molar-refractivity contribution is 0.0695. The molecule has 0 amide bonds. The predicted octanol–water partition coefficient (Wildman–Crippen LogP) is 3.28. The summed E-state index contributed by atoms with van der Waals surface area (Å²) in [5, 5.41) is 9.39. The number of hydrogen-bond acceptors (Lipinski definition) is 2. The van der Waals surface area contributed by atoms with Crippen molar-refractivity contribution in [1.82, 2.24) is 4.57 Å². The second kappa shape index (κ2) is 4.71. The number of ether oxygens (including phenoxy) is 1. The van der Waals surface area contributed by atoms with E-state index in [1.54, 1.807) is 13.2 Å². The molecule has 1 aromatic carbocycles. The molecule has 1 aliphatic rings. The molecule has 0 radical (unpaired) electrons. The van der Waals surface area contributed by atoms with Crippen molar-refractivity contribution < 1.29 is 14.6 Å². The molecule has 0 saturated heterocycles. The topological polar surface area (TPSA) is 51.5 Å². The Morgan fingerprint density at radius 2 is 2.10 bits per heavy atom. The highest BCUT2D eigenvalue weighted by Crippen LogP contribution is 2.44. The van der Waals surface area contributed by atoms with Crippen LogP contribution in [-0.4, -0.2) is 22.8 Å². The van der Waals surface area contributed by atoms with Crippen LogP contribution < -0.4 is 4.74 Å². The summed E-state index contributed by atoms with van der Waals surface area (Å²) in [6.45, 7) is 0. The number of methoxy groups -OCH3 is 1. The molecule has 1 fully saturated rings. The van der Waals surface area contributed by atoms with Gasteiger partial charge in [-0.25, -0.2) is 4.79 Å². The molecule has 3 rings (SSSR count). The Morgan fingerprint density at radius 3 is 2.70 bits per heavy atom. The van der Waals surface area contributed by atoms with E-state index in [1.165, 1.54) is 0 Å². The SMILES string of the molecule is COc1cccc(-c2cc(C(=O)O)c(C3CC3)n2C)c1. The molecule has 0 bridgehead atoms. The van der Waals surface area contributed by atoms with E-state index in [1.807, 2.05) is 35.9 Å². The van der Waals surface area contributed by atoms with E-state index in [0.29, 0.717) is 11.5 Å².